The maximum atomic E-state index is 12.6. The second-order valence-corrected chi connectivity index (χ2v) is 30.4. The maximum absolute atomic E-state index is 12.6. The zero-order chi connectivity index (χ0) is 72.3. The van der Waals surface area contributed by atoms with Crippen LogP contribution >= 0.6 is 0 Å². The van der Waals surface area contributed by atoms with Crippen molar-refractivity contribution in [2.24, 2.45) is 11.8 Å². The van der Waals surface area contributed by atoms with Crippen molar-refractivity contribution in [1.82, 2.24) is 68.4 Å². The molecule has 0 amide bonds. The molecule has 21 heteroatoms. The fourth-order valence-electron chi connectivity index (χ4n) is 15.5. The van der Waals surface area contributed by atoms with Gasteiger partial charge in [-0.15, -0.1) is 0 Å². The Balaban J connectivity index is 0.000000115. The summed E-state index contributed by atoms with van der Waals surface area (Å²) in [5.74, 6) is 3.09. The zero-order valence-corrected chi connectivity index (χ0v) is 59.8. The van der Waals surface area contributed by atoms with Crippen LogP contribution in [0.1, 0.15) is 75.1 Å². The Morgan fingerprint density at radius 3 is 1.31 bits per heavy atom. The molecular formula is C86H77N17O3S. The minimum Gasteiger partial charge on any atom is -0.383 e. The van der Waals surface area contributed by atoms with Gasteiger partial charge in [-0.1, -0.05) is 157 Å². The summed E-state index contributed by atoms with van der Waals surface area (Å²) in [6.07, 6.45) is 21.9. The summed E-state index contributed by atoms with van der Waals surface area (Å²) in [6.45, 7) is 5.84. The molecule has 3 saturated carbocycles. The van der Waals surface area contributed by atoms with Crippen LogP contribution in [0.4, 0.5) is 17.5 Å². The first-order valence-electron chi connectivity index (χ1n) is 36.6. The van der Waals surface area contributed by atoms with Gasteiger partial charge in [-0.05, 0) is 142 Å². The SMILES string of the molecule is Cc1ccc(S(=O)(=O)OCC2CC(n3cc(-c4ccc5ccc(-c6ccccc6)nc5c4)c4c(N)ncnc43)C2)cc1.Nc1ncnc2c1c(-c1ccc3ccc(-c4ccccc4)nc3c1)cn2C1CC(CN2CCC2)C1.Nc1ncnc2c1c(-c1ccc3cnc(-c4ccccc4)nc3c1)cn2C1CCC1. The summed E-state index contributed by atoms with van der Waals surface area (Å²) in [5, 5.41) is 5.84. The quantitative estimate of drug-likeness (QED) is 0.0805. The van der Waals surface area contributed by atoms with Crippen LogP contribution in [0.2, 0.25) is 0 Å². The molecule has 1 saturated heterocycles. The monoisotopic (exact) mass is 1430 g/mol. The lowest BCUT2D eigenvalue weighted by molar-refractivity contribution is 0.0921. The Morgan fingerprint density at radius 1 is 0.430 bits per heavy atom. The summed E-state index contributed by atoms with van der Waals surface area (Å²) in [6, 6.07) is 65.6. The summed E-state index contributed by atoms with van der Waals surface area (Å²) in [5.41, 5.74) is 36.8. The second-order valence-electron chi connectivity index (χ2n) is 28.8. The Labute approximate surface area is 618 Å². The highest BCUT2D eigenvalue weighted by Crippen LogP contribution is 2.47. The molecule has 0 bridgehead atoms. The van der Waals surface area contributed by atoms with E-state index in [1.54, 1.807) is 36.9 Å². The molecule has 530 valence electrons. The molecule has 4 aliphatic rings. The fraction of sp³-hybridized carbons (Fsp3) is 0.209. The standard InChI is InChI=1S/C33H29N5O3S.C29H28N6.C24H20N6/c1-21-7-12-27(13-8-21)42(39,40)41-19-22-15-26(16-22)38-18-28(31-32(34)35-20-36-33(31)38)25-10-9-24-11-14-29(37-30(24)17-25)23-5-3-2-4-6-23;30-28-27-24(17-35(29(27)32-18-31-28)23-13-19(14-23)16-34-11-4-12-34)22-8-7-21-9-10-25(33-26(21)15-22)20-5-2-1-3-6-20;25-22-21-19(13-30(18-7-4-8-18)24(21)28-14-27-22)16-9-10-17-12-26-23(29-20(17)11-16)15-5-2-1-3-6-15/h2-14,17-18,20,22,26H,15-16,19H2,1H3,(H2,34,35,36);1-3,5-10,15,17-19,23H,4,11-14,16H2,(H2,30,31,32);1-3,5-6,9-14,18H,4,7-8H2,(H2,25,27,28). The van der Waals surface area contributed by atoms with Crippen molar-refractivity contribution in [2.75, 3.05) is 43.4 Å². The van der Waals surface area contributed by atoms with Crippen LogP contribution in [0, 0.1) is 18.8 Å². The van der Waals surface area contributed by atoms with E-state index in [1.165, 1.54) is 64.5 Å². The van der Waals surface area contributed by atoms with Gasteiger partial charge in [0.05, 0.1) is 55.6 Å². The molecule has 1 aliphatic heterocycles. The highest BCUT2D eigenvalue weighted by atomic mass is 32.2. The summed E-state index contributed by atoms with van der Waals surface area (Å²) < 4.78 is 37.5. The number of aryl methyl sites for hydroxylation is 1. The molecule has 3 aliphatic carbocycles. The highest BCUT2D eigenvalue weighted by Gasteiger charge is 2.36. The van der Waals surface area contributed by atoms with Gasteiger partial charge in [0.2, 0.25) is 0 Å². The van der Waals surface area contributed by atoms with Gasteiger partial charge in [0.15, 0.2) is 5.82 Å². The summed E-state index contributed by atoms with van der Waals surface area (Å²) in [7, 11) is -3.79. The number of hydrogen-bond acceptors (Lipinski definition) is 17. The Hall–Kier alpha value is -12.2. The first kappa shape index (κ1) is 66.8. The number of nitrogens with two attached hydrogens (primary N) is 3. The van der Waals surface area contributed by atoms with E-state index >= 15 is 0 Å². The normalized spacial score (nSPS) is 17.2. The number of nitrogens with zero attached hydrogens (tertiary/aromatic N) is 14. The van der Waals surface area contributed by atoms with E-state index in [4.69, 9.17) is 36.3 Å². The predicted octanol–water partition coefficient (Wildman–Crippen LogP) is 17.1. The van der Waals surface area contributed by atoms with Crippen molar-refractivity contribution in [1.29, 1.82) is 0 Å². The Morgan fingerprint density at radius 2 is 0.860 bits per heavy atom. The maximum Gasteiger partial charge on any atom is 0.296 e. The average Bonchev–Trinajstić information content (AvgIpc) is 1.62. The van der Waals surface area contributed by atoms with Gasteiger partial charge in [0, 0.05) is 99.0 Å². The van der Waals surface area contributed by atoms with Gasteiger partial charge in [0.25, 0.3) is 10.1 Å². The number of pyridine rings is 2. The van der Waals surface area contributed by atoms with Crippen LogP contribution in [0.3, 0.4) is 0 Å². The molecule has 0 spiro atoms. The van der Waals surface area contributed by atoms with Crippen LogP contribution in [0.5, 0.6) is 0 Å². The lowest BCUT2D eigenvalue weighted by Crippen LogP contribution is -2.43. The van der Waals surface area contributed by atoms with E-state index < -0.39 is 10.1 Å². The van der Waals surface area contributed by atoms with Crippen molar-refractivity contribution in [3.8, 4) is 67.3 Å². The number of aromatic nitrogens is 13. The number of rotatable bonds is 15. The largest absolute Gasteiger partial charge is 0.383 e. The van der Waals surface area contributed by atoms with Crippen LogP contribution in [0.25, 0.3) is 133 Å². The second kappa shape index (κ2) is 28.0. The van der Waals surface area contributed by atoms with E-state index in [-0.39, 0.29) is 23.5 Å². The van der Waals surface area contributed by atoms with Gasteiger partial charge >= 0.3 is 0 Å². The van der Waals surface area contributed by atoms with E-state index in [0.717, 1.165) is 157 Å². The molecular weight excluding hydrogens is 1350 g/mol. The van der Waals surface area contributed by atoms with Crippen molar-refractivity contribution in [3.05, 3.63) is 243 Å². The number of benzene rings is 7. The molecule has 20 rings (SSSR count). The van der Waals surface area contributed by atoms with E-state index in [0.29, 0.717) is 29.5 Å². The van der Waals surface area contributed by atoms with Crippen LogP contribution in [-0.2, 0) is 14.3 Å². The van der Waals surface area contributed by atoms with Gasteiger partial charge in [-0.25, -0.2) is 49.8 Å². The molecule has 0 unspecified atom stereocenters. The zero-order valence-electron chi connectivity index (χ0n) is 59.0. The predicted molar refractivity (Wildman–Crippen MR) is 424 cm³/mol. The van der Waals surface area contributed by atoms with Gasteiger partial charge in [-0.3, -0.25) is 4.18 Å². The fourth-order valence-corrected chi connectivity index (χ4v) is 16.5. The van der Waals surface area contributed by atoms with Crippen LogP contribution < -0.4 is 17.2 Å². The first-order chi connectivity index (χ1) is 52.4. The van der Waals surface area contributed by atoms with Crippen LogP contribution in [-0.4, -0.2) is 103 Å². The smallest absolute Gasteiger partial charge is 0.296 e. The minimum atomic E-state index is -3.79. The highest BCUT2D eigenvalue weighted by molar-refractivity contribution is 7.86. The Kier molecular flexibility index (Phi) is 17.5. The molecule has 4 fully saturated rings. The summed E-state index contributed by atoms with van der Waals surface area (Å²) >= 11 is 0. The molecule has 10 heterocycles. The Bertz CT molecular complexity index is 6130. The van der Waals surface area contributed by atoms with E-state index in [9.17, 15) is 8.42 Å². The van der Waals surface area contributed by atoms with Gasteiger partial charge in [-0.2, -0.15) is 8.42 Å². The number of fused-ring (bicyclic) bond motifs is 6. The first-order valence-corrected chi connectivity index (χ1v) is 38.0. The summed E-state index contributed by atoms with van der Waals surface area (Å²) in [4.78, 5) is 48.7. The molecule has 0 radical (unpaired) electrons. The van der Waals surface area contributed by atoms with Crippen molar-refractivity contribution in [3.63, 3.8) is 0 Å². The lowest BCUT2D eigenvalue weighted by Gasteiger charge is -2.42. The number of anilines is 3. The molecule has 9 aromatic heterocycles. The minimum absolute atomic E-state index is 0.122. The molecule has 107 heavy (non-hydrogen) atoms. The molecule has 6 N–H and O–H groups in total. The van der Waals surface area contributed by atoms with E-state index in [1.807, 2.05) is 85.9 Å². The van der Waals surface area contributed by atoms with Crippen LogP contribution in [0.15, 0.2) is 243 Å². The third-order valence-electron chi connectivity index (χ3n) is 21.9. The number of likely N-dealkylation sites (tertiary alicyclic amines) is 1. The third kappa shape index (κ3) is 13.1. The lowest BCUT2D eigenvalue weighted by atomic mass is 9.79. The average molecular weight is 1430 g/mol. The number of hydrogen-bond donors (Lipinski definition) is 3. The topological polar surface area (TPSA) is 268 Å². The van der Waals surface area contributed by atoms with Gasteiger partial charge < -0.3 is 35.8 Å². The molecule has 7 aromatic carbocycles. The molecule has 20 nitrogen and oxygen atoms in total. The number of nitrogen functional groups attached to an aromatic ring is 3. The van der Waals surface area contributed by atoms with Crippen molar-refractivity contribution < 1.29 is 12.6 Å². The molecule has 16 aromatic rings. The van der Waals surface area contributed by atoms with Crippen molar-refractivity contribution in [2.45, 2.75) is 81.3 Å². The third-order valence-corrected chi connectivity index (χ3v) is 23.2. The molecule has 0 atom stereocenters. The van der Waals surface area contributed by atoms with Gasteiger partial charge in [0.1, 0.15) is 53.4 Å². The van der Waals surface area contributed by atoms with E-state index in [2.05, 4.69) is 169 Å². The van der Waals surface area contributed by atoms with Crippen molar-refractivity contribution >= 4 is 93.4 Å².